The number of aromatic nitrogens is 1. The Hall–Kier alpha value is -0.413. The summed E-state index contributed by atoms with van der Waals surface area (Å²) in [4.78, 5) is 2.93. The summed E-state index contributed by atoms with van der Waals surface area (Å²) in [6.07, 6.45) is 1.95. The Kier molecular flexibility index (Phi) is 5.18. The fourth-order valence-electron chi connectivity index (χ4n) is 0.712. The van der Waals surface area contributed by atoms with Gasteiger partial charge in [-0.1, -0.05) is 0 Å². The molecule has 66 valence electrons. The van der Waals surface area contributed by atoms with E-state index in [2.05, 4.69) is 9.72 Å². The number of halogens is 1. The largest absolute Gasteiger partial charge is 1.00 e. The van der Waals surface area contributed by atoms with Gasteiger partial charge < -0.3 is 9.29 Å². The van der Waals surface area contributed by atoms with Crippen molar-refractivity contribution in [2.75, 3.05) is 7.11 Å². The molecule has 0 bridgehead atoms. The molecule has 0 amide bonds. The standard InChI is InChI=1S/C6H6FNO3S.Li/c1-11-5-3-8-2-4(7)6(5)12(9)10;/h2-3H,1H3,(H,9,10);/q;+1/p-1. The van der Waals surface area contributed by atoms with Crippen LogP contribution in [0.5, 0.6) is 5.75 Å². The van der Waals surface area contributed by atoms with Crippen LogP contribution in [0.3, 0.4) is 0 Å². The molecule has 0 spiro atoms. The average Bonchev–Trinajstić information content (AvgIpc) is 2.03. The van der Waals surface area contributed by atoms with Gasteiger partial charge in [-0.25, -0.2) is 4.39 Å². The van der Waals surface area contributed by atoms with Crippen LogP contribution in [-0.4, -0.2) is 20.9 Å². The summed E-state index contributed by atoms with van der Waals surface area (Å²) in [5.74, 6) is -1.01. The fourth-order valence-corrected chi connectivity index (χ4v) is 1.22. The topological polar surface area (TPSA) is 62.2 Å². The second-order valence-electron chi connectivity index (χ2n) is 1.89. The second-order valence-corrected chi connectivity index (χ2v) is 2.77. The van der Waals surface area contributed by atoms with Crippen LogP contribution in [-0.2, 0) is 11.1 Å². The van der Waals surface area contributed by atoms with E-state index in [0.29, 0.717) is 0 Å². The summed E-state index contributed by atoms with van der Waals surface area (Å²) in [6, 6.07) is 0. The third-order valence-corrected chi connectivity index (χ3v) is 1.94. The van der Waals surface area contributed by atoms with Crippen LogP contribution >= 0.6 is 0 Å². The summed E-state index contributed by atoms with van der Waals surface area (Å²) in [6.45, 7) is 0. The monoisotopic (exact) mass is 197 g/mol. The molecule has 0 saturated carbocycles. The molecule has 1 unspecified atom stereocenters. The van der Waals surface area contributed by atoms with E-state index in [-0.39, 0.29) is 24.6 Å². The normalized spacial score (nSPS) is 11.6. The molecule has 1 aromatic rings. The molecule has 1 rings (SSSR count). The fraction of sp³-hybridized carbons (Fsp3) is 0.167. The molecule has 0 N–H and O–H groups in total. The predicted molar refractivity (Wildman–Crippen MR) is 37.9 cm³/mol. The van der Waals surface area contributed by atoms with E-state index in [1.54, 1.807) is 0 Å². The molecule has 0 aliphatic rings. The molecule has 4 nitrogen and oxygen atoms in total. The molecular formula is C6H5FLiNO3S. The summed E-state index contributed by atoms with van der Waals surface area (Å²) in [5.41, 5.74) is 0. The van der Waals surface area contributed by atoms with Gasteiger partial charge in [0.1, 0.15) is 4.90 Å². The number of hydrogen-bond donors (Lipinski definition) is 0. The van der Waals surface area contributed by atoms with Crippen LogP contribution in [0.15, 0.2) is 17.3 Å². The van der Waals surface area contributed by atoms with Crippen molar-refractivity contribution in [2.24, 2.45) is 0 Å². The second kappa shape index (κ2) is 5.35. The third kappa shape index (κ3) is 2.78. The van der Waals surface area contributed by atoms with E-state index < -0.39 is 21.8 Å². The van der Waals surface area contributed by atoms with E-state index in [0.717, 1.165) is 12.4 Å². The minimum absolute atomic E-state index is 0. The molecular weight excluding hydrogens is 192 g/mol. The minimum atomic E-state index is -2.64. The molecule has 1 aromatic heterocycles. The van der Waals surface area contributed by atoms with E-state index in [1.807, 2.05) is 0 Å². The first kappa shape index (κ1) is 12.6. The van der Waals surface area contributed by atoms with E-state index in [1.165, 1.54) is 7.11 Å². The van der Waals surface area contributed by atoms with Crippen molar-refractivity contribution in [1.82, 2.24) is 4.98 Å². The van der Waals surface area contributed by atoms with Crippen molar-refractivity contribution in [3.63, 3.8) is 0 Å². The number of ether oxygens (including phenoxy) is 1. The number of methoxy groups -OCH3 is 1. The molecule has 0 fully saturated rings. The maximum absolute atomic E-state index is 12.8. The Morgan fingerprint density at radius 3 is 2.62 bits per heavy atom. The van der Waals surface area contributed by atoms with Gasteiger partial charge in [0.15, 0.2) is 11.6 Å². The number of nitrogens with zero attached hydrogens (tertiary/aromatic N) is 1. The van der Waals surface area contributed by atoms with E-state index in [4.69, 9.17) is 0 Å². The Bertz CT molecular complexity index is 323. The number of rotatable bonds is 2. The molecule has 0 aromatic carbocycles. The zero-order chi connectivity index (χ0) is 9.14. The van der Waals surface area contributed by atoms with Crippen LogP contribution in [0.2, 0.25) is 0 Å². The van der Waals surface area contributed by atoms with Gasteiger partial charge in [0.25, 0.3) is 0 Å². The van der Waals surface area contributed by atoms with Gasteiger partial charge in [0.05, 0.1) is 19.5 Å². The first-order chi connectivity index (χ1) is 5.66. The van der Waals surface area contributed by atoms with Gasteiger partial charge in [-0.3, -0.25) is 9.19 Å². The van der Waals surface area contributed by atoms with Gasteiger partial charge in [-0.2, -0.15) is 0 Å². The number of hydrogen-bond acceptors (Lipinski definition) is 4. The Morgan fingerprint density at radius 2 is 2.23 bits per heavy atom. The van der Waals surface area contributed by atoms with Crippen LogP contribution in [0.25, 0.3) is 0 Å². The van der Waals surface area contributed by atoms with Crippen molar-refractivity contribution in [2.45, 2.75) is 4.90 Å². The maximum Gasteiger partial charge on any atom is 1.00 e. The summed E-state index contributed by atoms with van der Waals surface area (Å²) < 4.78 is 38.3. The van der Waals surface area contributed by atoms with Crippen molar-refractivity contribution < 1.29 is 36.7 Å². The molecule has 0 aliphatic heterocycles. The molecule has 1 atom stereocenters. The van der Waals surface area contributed by atoms with E-state index in [9.17, 15) is 13.2 Å². The minimum Gasteiger partial charge on any atom is -0.768 e. The zero-order valence-electron chi connectivity index (χ0n) is 7.11. The van der Waals surface area contributed by atoms with Crippen LogP contribution in [0.1, 0.15) is 0 Å². The molecule has 13 heavy (non-hydrogen) atoms. The third-order valence-electron chi connectivity index (χ3n) is 1.21. The van der Waals surface area contributed by atoms with E-state index >= 15 is 0 Å². The SMILES string of the molecule is COc1cncc(F)c1S(=O)[O-].[Li+]. The van der Waals surface area contributed by atoms with Gasteiger partial charge in [-0.05, 0) is 11.1 Å². The maximum atomic E-state index is 12.8. The average molecular weight is 197 g/mol. The molecule has 0 aliphatic carbocycles. The Balaban J connectivity index is 0.00000144. The van der Waals surface area contributed by atoms with Crippen LogP contribution in [0.4, 0.5) is 4.39 Å². The smallest absolute Gasteiger partial charge is 0.768 e. The van der Waals surface area contributed by atoms with Gasteiger partial charge in [0, 0.05) is 0 Å². The first-order valence-electron chi connectivity index (χ1n) is 2.93. The summed E-state index contributed by atoms with van der Waals surface area (Å²) in [5, 5.41) is 0. The molecule has 7 heteroatoms. The molecule has 0 radical (unpaired) electrons. The molecule has 0 saturated heterocycles. The van der Waals surface area contributed by atoms with Crippen LogP contribution < -0.4 is 23.6 Å². The van der Waals surface area contributed by atoms with Gasteiger partial charge in [0.2, 0.25) is 0 Å². The number of pyridine rings is 1. The van der Waals surface area contributed by atoms with Crippen molar-refractivity contribution in [1.29, 1.82) is 0 Å². The Labute approximate surface area is 89.0 Å². The van der Waals surface area contributed by atoms with Crippen molar-refractivity contribution in [3.8, 4) is 5.75 Å². The first-order valence-corrected chi connectivity index (χ1v) is 4.01. The van der Waals surface area contributed by atoms with Crippen molar-refractivity contribution in [3.05, 3.63) is 18.2 Å². The summed E-state index contributed by atoms with van der Waals surface area (Å²) >= 11 is -2.64. The molecule has 1 heterocycles. The quantitative estimate of drug-likeness (QED) is 0.387. The van der Waals surface area contributed by atoms with Gasteiger partial charge in [-0.15, -0.1) is 0 Å². The van der Waals surface area contributed by atoms with Gasteiger partial charge >= 0.3 is 18.9 Å². The Morgan fingerprint density at radius 1 is 1.62 bits per heavy atom. The summed E-state index contributed by atoms with van der Waals surface area (Å²) in [7, 11) is 1.24. The van der Waals surface area contributed by atoms with Crippen molar-refractivity contribution >= 4 is 11.1 Å². The zero-order valence-corrected chi connectivity index (χ0v) is 7.93. The predicted octanol–water partition coefficient (Wildman–Crippen LogP) is -2.53. The van der Waals surface area contributed by atoms with Crippen LogP contribution in [0, 0.1) is 5.82 Å².